The molecule has 0 atom stereocenters. The smallest absolute Gasteiger partial charge is 0.257 e. The maximum Gasteiger partial charge on any atom is 0.257 e. The van der Waals surface area contributed by atoms with Crippen molar-refractivity contribution >= 4 is 17.5 Å². The minimum absolute atomic E-state index is 0.213. The summed E-state index contributed by atoms with van der Waals surface area (Å²) in [6.45, 7) is 8.97. The number of benzene rings is 1. The van der Waals surface area contributed by atoms with Crippen LogP contribution in [-0.2, 0) is 0 Å². The number of pyridine rings is 1. The molecule has 2 amide bonds. The van der Waals surface area contributed by atoms with Crippen molar-refractivity contribution in [1.82, 2.24) is 10.3 Å². The highest BCUT2D eigenvalue weighted by Crippen LogP contribution is 2.24. The molecule has 0 aliphatic heterocycles. The van der Waals surface area contributed by atoms with Gasteiger partial charge in [-0.25, -0.2) is 0 Å². The van der Waals surface area contributed by atoms with Gasteiger partial charge in [-0.2, -0.15) is 0 Å². The summed E-state index contributed by atoms with van der Waals surface area (Å²) in [4.78, 5) is 28.9. The van der Waals surface area contributed by atoms with Crippen LogP contribution in [0.1, 0.15) is 66.3 Å². The van der Waals surface area contributed by atoms with Crippen LogP contribution in [0.25, 0.3) is 0 Å². The molecule has 0 saturated heterocycles. The third-order valence-corrected chi connectivity index (χ3v) is 4.10. The van der Waals surface area contributed by atoms with Crippen LogP contribution in [0.5, 0.6) is 0 Å². The molecule has 5 nitrogen and oxygen atoms in total. The number of nitrogens with one attached hydrogen (secondary N) is 2. The van der Waals surface area contributed by atoms with Crippen LogP contribution in [0.3, 0.4) is 0 Å². The first kappa shape index (κ1) is 19.6. The summed E-state index contributed by atoms with van der Waals surface area (Å²) in [7, 11) is 0. The zero-order chi connectivity index (χ0) is 19.1. The van der Waals surface area contributed by atoms with Gasteiger partial charge in [-0.1, -0.05) is 45.9 Å². The fourth-order valence-corrected chi connectivity index (χ4v) is 2.57. The fourth-order valence-electron chi connectivity index (χ4n) is 2.57. The molecular weight excluding hydrogens is 326 g/mol. The summed E-state index contributed by atoms with van der Waals surface area (Å²) in [6, 6.07) is 9.29. The van der Waals surface area contributed by atoms with Crippen molar-refractivity contribution in [2.75, 3.05) is 11.9 Å². The molecule has 0 aliphatic rings. The average Bonchev–Trinajstić information content (AvgIpc) is 2.61. The summed E-state index contributed by atoms with van der Waals surface area (Å²) >= 11 is 0. The van der Waals surface area contributed by atoms with Crippen molar-refractivity contribution in [2.24, 2.45) is 5.92 Å². The molecule has 0 spiro atoms. The number of para-hydroxylation sites is 1. The largest absolute Gasteiger partial charge is 0.352 e. The van der Waals surface area contributed by atoms with Crippen LogP contribution < -0.4 is 10.6 Å². The molecule has 2 N–H and O–H groups in total. The number of hydrogen-bond donors (Lipinski definition) is 2. The van der Waals surface area contributed by atoms with Crippen molar-refractivity contribution in [2.45, 2.75) is 40.0 Å². The first-order chi connectivity index (χ1) is 12.4. The molecular formula is C21H27N3O2. The van der Waals surface area contributed by atoms with E-state index in [1.54, 1.807) is 6.07 Å². The van der Waals surface area contributed by atoms with Crippen molar-refractivity contribution in [3.05, 3.63) is 59.4 Å². The first-order valence-corrected chi connectivity index (χ1v) is 9.02. The summed E-state index contributed by atoms with van der Waals surface area (Å²) in [6.07, 6.45) is 3.85. The van der Waals surface area contributed by atoms with E-state index in [0.29, 0.717) is 29.5 Å². The van der Waals surface area contributed by atoms with Gasteiger partial charge >= 0.3 is 0 Å². The highest BCUT2D eigenvalue weighted by atomic mass is 16.2. The molecule has 1 aromatic heterocycles. The van der Waals surface area contributed by atoms with Crippen molar-refractivity contribution in [1.29, 1.82) is 0 Å². The molecule has 0 radical (unpaired) electrons. The zero-order valence-corrected chi connectivity index (χ0v) is 15.9. The number of anilines is 1. The second-order valence-corrected chi connectivity index (χ2v) is 7.10. The lowest BCUT2D eigenvalue weighted by Gasteiger charge is -2.14. The Kier molecular flexibility index (Phi) is 6.89. The van der Waals surface area contributed by atoms with Gasteiger partial charge in [-0.3, -0.25) is 14.6 Å². The average molecular weight is 353 g/mol. The van der Waals surface area contributed by atoms with Gasteiger partial charge in [0, 0.05) is 24.6 Å². The van der Waals surface area contributed by atoms with Crippen LogP contribution in [0, 0.1) is 5.92 Å². The standard InChI is InChI=1S/C21H27N3O2/c1-14(2)9-10-23-20(25)16-11-17(13-22-12-16)21(26)24-19-8-6-5-7-18(19)15(3)4/h5-8,11-15H,9-10H2,1-4H3,(H,23,25)(H,24,26). The normalized spacial score (nSPS) is 10.8. The number of aromatic nitrogens is 1. The van der Waals surface area contributed by atoms with Gasteiger partial charge in [0.2, 0.25) is 0 Å². The molecule has 0 unspecified atom stereocenters. The van der Waals surface area contributed by atoms with Gasteiger partial charge in [-0.05, 0) is 36.0 Å². The van der Waals surface area contributed by atoms with E-state index in [2.05, 4.69) is 43.3 Å². The summed E-state index contributed by atoms with van der Waals surface area (Å²) < 4.78 is 0. The SMILES string of the molecule is CC(C)CCNC(=O)c1cncc(C(=O)Nc2ccccc2C(C)C)c1. The van der Waals surface area contributed by atoms with Crippen LogP contribution in [0.2, 0.25) is 0 Å². The maximum absolute atomic E-state index is 12.6. The first-order valence-electron chi connectivity index (χ1n) is 9.02. The number of amides is 2. The van der Waals surface area contributed by atoms with E-state index in [1.165, 1.54) is 12.4 Å². The number of carbonyl (C=O) groups is 2. The molecule has 5 heteroatoms. The van der Waals surface area contributed by atoms with Gasteiger partial charge in [0.25, 0.3) is 11.8 Å². The minimum atomic E-state index is -0.276. The molecule has 0 saturated carbocycles. The van der Waals surface area contributed by atoms with Gasteiger partial charge in [0.1, 0.15) is 0 Å². The predicted octanol–water partition coefficient (Wildman–Crippen LogP) is 4.23. The molecule has 26 heavy (non-hydrogen) atoms. The Morgan fingerprint density at radius 1 is 1.00 bits per heavy atom. The van der Waals surface area contributed by atoms with Gasteiger partial charge in [0.15, 0.2) is 0 Å². The van der Waals surface area contributed by atoms with E-state index in [0.717, 1.165) is 17.7 Å². The molecule has 1 aromatic carbocycles. The lowest BCUT2D eigenvalue weighted by Crippen LogP contribution is -2.26. The zero-order valence-electron chi connectivity index (χ0n) is 15.9. The van der Waals surface area contributed by atoms with Crippen molar-refractivity contribution in [3.63, 3.8) is 0 Å². The molecule has 2 aromatic rings. The summed E-state index contributed by atoms with van der Waals surface area (Å²) in [5.74, 6) is 0.326. The Bertz CT molecular complexity index is 769. The summed E-state index contributed by atoms with van der Waals surface area (Å²) in [5, 5.41) is 5.78. The topological polar surface area (TPSA) is 71.1 Å². The Labute approximate surface area is 155 Å². The quantitative estimate of drug-likeness (QED) is 0.782. The van der Waals surface area contributed by atoms with Gasteiger partial charge in [0.05, 0.1) is 11.1 Å². The van der Waals surface area contributed by atoms with E-state index < -0.39 is 0 Å². The molecule has 0 aliphatic carbocycles. The molecule has 138 valence electrons. The Morgan fingerprint density at radius 2 is 1.65 bits per heavy atom. The molecule has 1 heterocycles. The maximum atomic E-state index is 12.6. The van der Waals surface area contributed by atoms with Crippen molar-refractivity contribution in [3.8, 4) is 0 Å². The summed E-state index contributed by atoms with van der Waals surface area (Å²) in [5.41, 5.74) is 2.59. The second-order valence-electron chi connectivity index (χ2n) is 7.10. The number of carbonyl (C=O) groups excluding carboxylic acids is 2. The number of nitrogens with zero attached hydrogens (tertiary/aromatic N) is 1. The van der Waals surface area contributed by atoms with Gasteiger partial charge in [-0.15, -0.1) is 0 Å². The highest BCUT2D eigenvalue weighted by molar-refractivity contribution is 6.06. The van der Waals surface area contributed by atoms with E-state index in [4.69, 9.17) is 0 Å². The van der Waals surface area contributed by atoms with Crippen LogP contribution in [0.15, 0.2) is 42.7 Å². The van der Waals surface area contributed by atoms with E-state index in [-0.39, 0.29) is 11.8 Å². The second kappa shape index (κ2) is 9.13. The molecule has 2 rings (SSSR count). The van der Waals surface area contributed by atoms with E-state index >= 15 is 0 Å². The lowest BCUT2D eigenvalue weighted by atomic mass is 10.0. The number of hydrogen-bond acceptors (Lipinski definition) is 3. The van der Waals surface area contributed by atoms with E-state index in [9.17, 15) is 9.59 Å². The lowest BCUT2D eigenvalue weighted by molar-refractivity contribution is 0.0951. The predicted molar refractivity (Wildman–Crippen MR) is 105 cm³/mol. The Morgan fingerprint density at radius 3 is 2.31 bits per heavy atom. The Hall–Kier alpha value is -2.69. The molecule has 0 bridgehead atoms. The third-order valence-electron chi connectivity index (χ3n) is 4.10. The Balaban J connectivity index is 2.10. The van der Waals surface area contributed by atoms with Crippen LogP contribution in [0.4, 0.5) is 5.69 Å². The molecule has 0 fully saturated rings. The minimum Gasteiger partial charge on any atom is -0.352 e. The van der Waals surface area contributed by atoms with Crippen LogP contribution in [-0.4, -0.2) is 23.3 Å². The third kappa shape index (κ3) is 5.41. The van der Waals surface area contributed by atoms with Gasteiger partial charge < -0.3 is 10.6 Å². The number of rotatable bonds is 7. The highest BCUT2D eigenvalue weighted by Gasteiger charge is 2.14. The van der Waals surface area contributed by atoms with Crippen LogP contribution >= 0.6 is 0 Å². The fraction of sp³-hybridized carbons (Fsp3) is 0.381. The monoisotopic (exact) mass is 353 g/mol. The van der Waals surface area contributed by atoms with Crippen molar-refractivity contribution < 1.29 is 9.59 Å². The van der Waals surface area contributed by atoms with E-state index in [1.807, 2.05) is 24.3 Å².